The van der Waals surface area contributed by atoms with Gasteiger partial charge >= 0.3 is 0 Å². The molecule has 7 aromatic carbocycles. The van der Waals surface area contributed by atoms with Gasteiger partial charge in [0.25, 0.3) is 0 Å². The van der Waals surface area contributed by atoms with Gasteiger partial charge in [-0.15, -0.1) is 0 Å². The van der Waals surface area contributed by atoms with Gasteiger partial charge in [-0.1, -0.05) is 142 Å². The summed E-state index contributed by atoms with van der Waals surface area (Å²) < 4.78 is 0. The fourth-order valence-electron chi connectivity index (χ4n) is 9.40. The number of hydrogen-bond acceptors (Lipinski definition) is 1. The van der Waals surface area contributed by atoms with Crippen molar-refractivity contribution < 1.29 is 0 Å². The minimum Gasteiger partial charge on any atom is -0.310 e. The van der Waals surface area contributed by atoms with Crippen LogP contribution in [0.25, 0.3) is 33.4 Å². The van der Waals surface area contributed by atoms with E-state index < -0.39 is 0 Å². The maximum atomic E-state index is 2.49. The number of anilines is 3. The maximum Gasteiger partial charge on any atom is 0.0726 e. The molecule has 0 saturated carbocycles. The Kier molecular flexibility index (Phi) is 5.89. The molecular weight excluding hydrogens is 591 g/mol. The van der Waals surface area contributed by atoms with Crippen LogP contribution >= 0.6 is 0 Å². The summed E-state index contributed by atoms with van der Waals surface area (Å²) in [7, 11) is 0. The van der Waals surface area contributed by atoms with Gasteiger partial charge in [-0.25, -0.2) is 0 Å². The Labute approximate surface area is 289 Å². The van der Waals surface area contributed by atoms with E-state index in [2.05, 4.69) is 183 Å². The van der Waals surface area contributed by atoms with E-state index in [-0.39, 0.29) is 10.8 Å². The van der Waals surface area contributed by atoms with Gasteiger partial charge in [0.2, 0.25) is 0 Å². The fraction of sp³-hybridized carbons (Fsp3) is 0.125. The molecule has 0 fully saturated rings. The SMILES string of the molecule is CCc1ccc(N(c2ccc3c(c2)-c2ccccc2C3(C)C)c2ccc3c(c2)C2(c4ccccc4-c4ccccc42)c2ccccc2-3)cc1. The quantitative estimate of drug-likeness (QED) is 0.188. The lowest BCUT2D eigenvalue weighted by molar-refractivity contribution is 0.660. The molecular formula is C48H37N. The molecule has 0 aliphatic heterocycles. The van der Waals surface area contributed by atoms with Crippen LogP contribution in [0.3, 0.4) is 0 Å². The Morgan fingerprint density at radius 3 is 1.39 bits per heavy atom. The largest absolute Gasteiger partial charge is 0.310 e. The average molecular weight is 628 g/mol. The predicted octanol–water partition coefficient (Wildman–Crippen LogP) is 12.4. The molecule has 0 atom stereocenters. The molecule has 0 radical (unpaired) electrons. The Balaban J connectivity index is 1.24. The Morgan fingerprint density at radius 2 is 0.816 bits per heavy atom. The monoisotopic (exact) mass is 627 g/mol. The molecule has 1 nitrogen and oxygen atoms in total. The van der Waals surface area contributed by atoms with Crippen LogP contribution in [0.4, 0.5) is 17.1 Å². The number of hydrogen-bond donors (Lipinski definition) is 0. The first kappa shape index (κ1) is 28.4. The van der Waals surface area contributed by atoms with Crippen LogP contribution in [0.15, 0.2) is 158 Å². The molecule has 234 valence electrons. The number of nitrogens with zero attached hydrogens (tertiary/aromatic N) is 1. The number of rotatable bonds is 4. The second-order valence-corrected chi connectivity index (χ2v) is 14.4. The molecule has 0 amide bonds. The summed E-state index contributed by atoms with van der Waals surface area (Å²) in [5, 5.41) is 0. The highest BCUT2D eigenvalue weighted by atomic mass is 15.1. The van der Waals surface area contributed by atoms with Crippen molar-refractivity contribution >= 4 is 17.1 Å². The van der Waals surface area contributed by atoms with Crippen molar-refractivity contribution in [3.63, 3.8) is 0 Å². The lowest BCUT2D eigenvalue weighted by Crippen LogP contribution is -2.26. The third-order valence-electron chi connectivity index (χ3n) is 11.7. The van der Waals surface area contributed by atoms with Gasteiger partial charge in [0.15, 0.2) is 0 Å². The highest BCUT2D eigenvalue weighted by molar-refractivity contribution is 5.96. The molecule has 0 N–H and O–H groups in total. The van der Waals surface area contributed by atoms with Crippen LogP contribution in [-0.2, 0) is 17.3 Å². The van der Waals surface area contributed by atoms with Gasteiger partial charge in [0.1, 0.15) is 0 Å². The minimum absolute atomic E-state index is 0.0347. The molecule has 7 aromatic rings. The fourth-order valence-corrected chi connectivity index (χ4v) is 9.40. The highest BCUT2D eigenvalue weighted by Crippen LogP contribution is 2.63. The summed E-state index contributed by atoms with van der Waals surface area (Å²) in [5.41, 5.74) is 20.7. The molecule has 0 saturated heterocycles. The lowest BCUT2D eigenvalue weighted by Gasteiger charge is -2.32. The summed E-state index contributed by atoms with van der Waals surface area (Å²) in [5.74, 6) is 0. The Morgan fingerprint density at radius 1 is 0.388 bits per heavy atom. The van der Waals surface area contributed by atoms with Crippen LogP contribution in [0, 0.1) is 0 Å². The number of benzene rings is 7. The van der Waals surface area contributed by atoms with E-state index in [1.54, 1.807) is 0 Å². The third-order valence-corrected chi connectivity index (χ3v) is 11.7. The normalized spacial score (nSPS) is 14.8. The summed E-state index contributed by atoms with van der Waals surface area (Å²) in [6.45, 7) is 6.93. The third kappa shape index (κ3) is 3.71. The van der Waals surface area contributed by atoms with Gasteiger partial charge in [-0.3, -0.25) is 0 Å². The molecule has 1 spiro atoms. The highest BCUT2D eigenvalue weighted by Gasteiger charge is 2.51. The van der Waals surface area contributed by atoms with E-state index in [9.17, 15) is 0 Å². The molecule has 49 heavy (non-hydrogen) atoms. The van der Waals surface area contributed by atoms with Crippen molar-refractivity contribution in [2.24, 2.45) is 0 Å². The molecule has 10 rings (SSSR count). The second kappa shape index (κ2) is 10.2. The summed E-state index contributed by atoms with van der Waals surface area (Å²) in [6.07, 6.45) is 1.02. The molecule has 1 heteroatoms. The van der Waals surface area contributed by atoms with E-state index in [0.29, 0.717) is 0 Å². The van der Waals surface area contributed by atoms with Gasteiger partial charge in [0.05, 0.1) is 5.41 Å². The molecule has 0 unspecified atom stereocenters. The number of aryl methyl sites for hydroxylation is 1. The van der Waals surface area contributed by atoms with Crippen LogP contribution in [0.1, 0.15) is 59.7 Å². The van der Waals surface area contributed by atoms with Crippen LogP contribution in [0.2, 0.25) is 0 Å². The van der Waals surface area contributed by atoms with Crippen LogP contribution in [0.5, 0.6) is 0 Å². The summed E-state index contributed by atoms with van der Waals surface area (Å²) >= 11 is 0. The summed E-state index contributed by atoms with van der Waals surface area (Å²) in [4.78, 5) is 2.47. The first-order valence-corrected chi connectivity index (χ1v) is 17.6. The van der Waals surface area contributed by atoms with Crippen molar-refractivity contribution in [1.82, 2.24) is 0 Å². The van der Waals surface area contributed by atoms with Crippen molar-refractivity contribution in [2.75, 3.05) is 4.90 Å². The molecule has 0 aromatic heterocycles. The van der Waals surface area contributed by atoms with E-state index in [4.69, 9.17) is 0 Å². The Bertz CT molecular complexity index is 2400. The zero-order chi connectivity index (χ0) is 32.9. The van der Waals surface area contributed by atoms with Crippen LogP contribution in [-0.4, -0.2) is 0 Å². The van der Waals surface area contributed by atoms with Crippen molar-refractivity contribution in [1.29, 1.82) is 0 Å². The predicted molar refractivity (Wildman–Crippen MR) is 204 cm³/mol. The molecule has 3 aliphatic carbocycles. The van der Waals surface area contributed by atoms with Gasteiger partial charge in [-0.2, -0.15) is 0 Å². The topological polar surface area (TPSA) is 3.24 Å². The van der Waals surface area contributed by atoms with E-state index in [1.807, 2.05) is 0 Å². The van der Waals surface area contributed by atoms with Crippen molar-refractivity contribution in [3.05, 3.63) is 197 Å². The first-order chi connectivity index (χ1) is 24.0. The smallest absolute Gasteiger partial charge is 0.0726 e. The van der Waals surface area contributed by atoms with Gasteiger partial charge in [0, 0.05) is 22.5 Å². The second-order valence-electron chi connectivity index (χ2n) is 14.4. The molecule has 0 heterocycles. The first-order valence-electron chi connectivity index (χ1n) is 17.6. The number of fused-ring (bicyclic) bond motifs is 13. The minimum atomic E-state index is -0.381. The lowest BCUT2D eigenvalue weighted by atomic mass is 9.70. The molecule has 0 bridgehead atoms. The zero-order valence-electron chi connectivity index (χ0n) is 28.2. The van der Waals surface area contributed by atoms with Gasteiger partial charge < -0.3 is 4.90 Å². The Hall–Kier alpha value is -5.66. The van der Waals surface area contributed by atoms with E-state index in [1.165, 1.54) is 89.4 Å². The van der Waals surface area contributed by atoms with E-state index in [0.717, 1.165) is 6.42 Å². The van der Waals surface area contributed by atoms with Gasteiger partial charge in [-0.05, 0) is 115 Å². The van der Waals surface area contributed by atoms with Crippen molar-refractivity contribution in [3.8, 4) is 33.4 Å². The standard InChI is InChI=1S/C48H37N/c1-4-31-21-23-32(24-22-31)49(33-26-28-42-40(29-33)38-16-5-9-17-41(38)47(42,2)3)34-25-27-39-37-15-8-12-20-45(37)48(46(39)30-34)43-18-10-6-13-35(43)36-14-7-11-19-44(36)48/h5-30H,4H2,1-3H3. The molecule has 3 aliphatic rings. The van der Waals surface area contributed by atoms with Crippen molar-refractivity contribution in [2.45, 2.75) is 38.0 Å². The average Bonchev–Trinajstić information content (AvgIpc) is 3.71. The van der Waals surface area contributed by atoms with E-state index >= 15 is 0 Å². The summed E-state index contributed by atoms with van der Waals surface area (Å²) in [6, 6.07) is 59.6. The van der Waals surface area contributed by atoms with Crippen LogP contribution < -0.4 is 4.90 Å². The maximum absolute atomic E-state index is 2.49. The zero-order valence-corrected chi connectivity index (χ0v) is 28.2.